The predicted molar refractivity (Wildman–Crippen MR) is 67.2 cm³/mol. The van der Waals surface area contributed by atoms with Crippen molar-refractivity contribution in [2.24, 2.45) is 0 Å². The summed E-state index contributed by atoms with van der Waals surface area (Å²) in [7, 11) is 0. The molecule has 0 unspecified atom stereocenters. The highest BCUT2D eigenvalue weighted by Crippen LogP contribution is 2.34. The number of rotatable bonds is 5. The quantitative estimate of drug-likeness (QED) is 0.877. The fraction of sp³-hybridized carbons (Fsp3) is 0.462. The number of carboxylic acid groups (broad SMARTS) is 1. The summed E-state index contributed by atoms with van der Waals surface area (Å²) in [6, 6.07) is 8.14. The van der Waals surface area contributed by atoms with E-state index < -0.39 is 5.97 Å². The van der Waals surface area contributed by atoms with Crippen molar-refractivity contribution in [3.63, 3.8) is 0 Å². The summed E-state index contributed by atoms with van der Waals surface area (Å²) in [6.07, 6.45) is 2.19. The molecule has 0 spiro atoms. The summed E-state index contributed by atoms with van der Waals surface area (Å²) in [4.78, 5) is 12.9. The third kappa shape index (κ3) is 3.20. The van der Waals surface area contributed by atoms with E-state index in [1.165, 1.54) is 0 Å². The van der Waals surface area contributed by atoms with Crippen molar-refractivity contribution in [1.29, 1.82) is 0 Å². The molecule has 1 aliphatic carbocycles. The monoisotopic (exact) mass is 253 g/mol. The molecular weight excluding hydrogens is 238 g/mol. The summed E-state index contributed by atoms with van der Waals surface area (Å²) in [5, 5.41) is 9.64. The standard InChI is InChI=1S/C13H16ClNO2/c1-9(10-3-2-4-11(14)7-10)15(8-13(16)17)12-5-6-12/h2-4,7,9,12H,5-6,8H2,1H3,(H,16,17)/t9-/m0/s1. The van der Waals surface area contributed by atoms with Crippen LogP contribution < -0.4 is 0 Å². The van der Waals surface area contributed by atoms with Crippen molar-refractivity contribution in [3.05, 3.63) is 34.9 Å². The minimum absolute atomic E-state index is 0.0947. The predicted octanol–water partition coefficient (Wildman–Crippen LogP) is 2.95. The van der Waals surface area contributed by atoms with Gasteiger partial charge in [0.1, 0.15) is 0 Å². The minimum Gasteiger partial charge on any atom is -0.480 e. The maximum Gasteiger partial charge on any atom is 0.317 e. The van der Waals surface area contributed by atoms with Gasteiger partial charge in [0.25, 0.3) is 0 Å². The second-order valence-corrected chi connectivity index (χ2v) is 4.96. The van der Waals surface area contributed by atoms with Crippen LogP contribution in [-0.2, 0) is 4.79 Å². The van der Waals surface area contributed by atoms with Gasteiger partial charge in [-0.3, -0.25) is 9.69 Å². The maximum atomic E-state index is 10.9. The third-order valence-corrected chi connectivity index (χ3v) is 3.40. The van der Waals surface area contributed by atoms with Gasteiger partial charge in [-0.05, 0) is 37.5 Å². The Hall–Kier alpha value is -1.06. The molecule has 92 valence electrons. The van der Waals surface area contributed by atoms with Crippen LogP contribution in [0.15, 0.2) is 24.3 Å². The first-order valence-corrected chi connectivity index (χ1v) is 6.18. The van der Waals surface area contributed by atoms with Crippen LogP contribution >= 0.6 is 11.6 Å². The number of carboxylic acids is 1. The molecule has 0 aliphatic heterocycles. The van der Waals surface area contributed by atoms with Gasteiger partial charge in [-0.1, -0.05) is 23.7 Å². The molecule has 17 heavy (non-hydrogen) atoms. The van der Waals surface area contributed by atoms with Crippen LogP contribution in [0.3, 0.4) is 0 Å². The average Bonchev–Trinajstić information content (AvgIpc) is 3.08. The van der Waals surface area contributed by atoms with E-state index in [2.05, 4.69) is 0 Å². The van der Waals surface area contributed by atoms with E-state index in [1.54, 1.807) is 0 Å². The summed E-state index contributed by atoms with van der Waals surface area (Å²) in [5.41, 5.74) is 1.07. The van der Waals surface area contributed by atoms with Crippen LogP contribution in [0, 0.1) is 0 Å². The molecule has 1 aromatic rings. The van der Waals surface area contributed by atoms with E-state index in [1.807, 2.05) is 36.1 Å². The number of benzene rings is 1. The Morgan fingerprint density at radius 3 is 2.82 bits per heavy atom. The van der Waals surface area contributed by atoms with Crippen molar-refractivity contribution in [1.82, 2.24) is 4.90 Å². The van der Waals surface area contributed by atoms with Gasteiger partial charge in [0.05, 0.1) is 6.54 Å². The minimum atomic E-state index is -0.772. The van der Waals surface area contributed by atoms with E-state index in [9.17, 15) is 4.79 Å². The van der Waals surface area contributed by atoms with Gasteiger partial charge in [-0.2, -0.15) is 0 Å². The molecule has 0 bridgehead atoms. The lowest BCUT2D eigenvalue weighted by Gasteiger charge is -2.27. The highest BCUT2D eigenvalue weighted by molar-refractivity contribution is 6.30. The van der Waals surface area contributed by atoms with Crippen molar-refractivity contribution < 1.29 is 9.90 Å². The Balaban J connectivity index is 2.15. The van der Waals surface area contributed by atoms with Crippen molar-refractivity contribution in [2.45, 2.75) is 31.8 Å². The smallest absolute Gasteiger partial charge is 0.317 e. The van der Waals surface area contributed by atoms with E-state index in [-0.39, 0.29) is 12.6 Å². The fourth-order valence-electron chi connectivity index (χ4n) is 2.10. The summed E-state index contributed by atoms with van der Waals surface area (Å²) in [6.45, 7) is 2.13. The second-order valence-electron chi connectivity index (χ2n) is 4.53. The van der Waals surface area contributed by atoms with Gasteiger partial charge >= 0.3 is 5.97 Å². The van der Waals surface area contributed by atoms with Gasteiger partial charge in [0, 0.05) is 17.1 Å². The lowest BCUT2D eigenvalue weighted by molar-refractivity contribution is -0.139. The average molecular weight is 254 g/mol. The lowest BCUT2D eigenvalue weighted by atomic mass is 10.1. The van der Waals surface area contributed by atoms with Crippen LogP contribution in [0.25, 0.3) is 0 Å². The molecule has 0 amide bonds. The van der Waals surface area contributed by atoms with Crippen molar-refractivity contribution >= 4 is 17.6 Å². The van der Waals surface area contributed by atoms with Crippen LogP contribution in [0.5, 0.6) is 0 Å². The SMILES string of the molecule is C[C@@H](c1cccc(Cl)c1)N(CC(=O)O)C1CC1. The first-order chi connectivity index (χ1) is 8.08. The zero-order valence-electron chi connectivity index (χ0n) is 9.77. The molecule has 1 saturated carbocycles. The van der Waals surface area contributed by atoms with E-state index in [0.29, 0.717) is 11.1 Å². The van der Waals surface area contributed by atoms with Gasteiger partial charge in [0.2, 0.25) is 0 Å². The van der Waals surface area contributed by atoms with E-state index >= 15 is 0 Å². The first-order valence-electron chi connectivity index (χ1n) is 5.81. The van der Waals surface area contributed by atoms with Crippen molar-refractivity contribution in [3.8, 4) is 0 Å². The lowest BCUT2D eigenvalue weighted by Crippen LogP contribution is -2.34. The van der Waals surface area contributed by atoms with Crippen LogP contribution in [0.1, 0.15) is 31.4 Å². The Kier molecular flexibility index (Phi) is 3.69. The number of aliphatic carboxylic acids is 1. The zero-order valence-corrected chi connectivity index (χ0v) is 10.5. The molecule has 2 rings (SSSR count). The molecule has 0 radical (unpaired) electrons. The molecule has 0 aromatic heterocycles. The number of carbonyl (C=O) groups is 1. The highest BCUT2D eigenvalue weighted by Gasteiger charge is 2.33. The van der Waals surface area contributed by atoms with Gasteiger partial charge in [-0.25, -0.2) is 0 Å². The zero-order chi connectivity index (χ0) is 12.4. The Labute approximate surface area is 106 Å². The number of nitrogens with zero attached hydrogens (tertiary/aromatic N) is 1. The van der Waals surface area contributed by atoms with Crippen LogP contribution in [0.4, 0.5) is 0 Å². The van der Waals surface area contributed by atoms with Crippen LogP contribution in [-0.4, -0.2) is 28.6 Å². The van der Waals surface area contributed by atoms with Gasteiger partial charge in [-0.15, -0.1) is 0 Å². The molecule has 1 N–H and O–H groups in total. The Bertz CT molecular complexity index is 418. The Morgan fingerprint density at radius 2 is 2.29 bits per heavy atom. The summed E-state index contributed by atoms with van der Waals surface area (Å²) in [5.74, 6) is -0.772. The molecule has 4 heteroatoms. The molecule has 1 aliphatic rings. The first kappa shape index (κ1) is 12.4. The van der Waals surface area contributed by atoms with Crippen LogP contribution in [0.2, 0.25) is 5.02 Å². The summed E-state index contributed by atoms with van der Waals surface area (Å²) < 4.78 is 0. The fourth-order valence-corrected chi connectivity index (χ4v) is 2.30. The molecule has 3 nitrogen and oxygen atoms in total. The van der Waals surface area contributed by atoms with E-state index in [4.69, 9.17) is 16.7 Å². The second kappa shape index (κ2) is 5.07. The molecule has 1 aromatic carbocycles. The number of halogens is 1. The third-order valence-electron chi connectivity index (χ3n) is 3.16. The maximum absolute atomic E-state index is 10.9. The Morgan fingerprint density at radius 1 is 1.59 bits per heavy atom. The van der Waals surface area contributed by atoms with Crippen molar-refractivity contribution in [2.75, 3.05) is 6.54 Å². The molecule has 0 saturated heterocycles. The number of hydrogen-bond acceptors (Lipinski definition) is 2. The largest absolute Gasteiger partial charge is 0.480 e. The summed E-state index contributed by atoms with van der Waals surface area (Å²) >= 11 is 5.96. The molecule has 1 fully saturated rings. The molecular formula is C13H16ClNO2. The highest BCUT2D eigenvalue weighted by atomic mass is 35.5. The number of hydrogen-bond donors (Lipinski definition) is 1. The van der Waals surface area contributed by atoms with E-state index in [0.717, 1.165) is 18.4 Å². The normalized spacial score (nSPS) is 17.1. The molecule has 0 heterocycles. The van der Waals surface area contributed by atoms with Gasteiger partial charge in [0.15, 0.2) is 0 Å². The molecule has 1 atom stereocenters. The topological polar surface area (TPSA) is 40.5 Å². The van der Waals surface area contributed by atoms with Gasteiger partial charge < -0.3 is 5.11 Å².